The molecule has 0 saturated carbocycles. The Hall–Kier alpha value is -1.07. The third-order valence-electron chi connectivity index (χ3n) is 2.11. The molecule has 2 N–H and O–H groups in total. The van der Waals surface area contributed by atoms with Gasteiger partial charge in [0, 0.05) is 15.7 Å². The lowest BCUT2D eigenvalue weighted by Gasteiger charge is -2.10. The zero-order valence-electron chi connectivity index (χ0n) is 9.45. The van der Waals surface area contributed by atoms with E-state index in [9.17, 15) is 0 Å². The first-order valence-corrected chi connectivity index (χ1v) is 6.73. The SMILES string of the molecule is S=C(Nc1ccc(Cl)nc1)Nc1cc(Cl)cc(Cl)c1. The average molecular weight is 333 g/mol. The lowest BCUT2D eigenvalue weighted by Crippen LogP contribution is -2.19. The monoisotopic (exact) mass is 331 g/mol. The number of hydrogen-bond acceptors (Lipinski definition) is 2. The zero-order valence-corrected chi connectivity index (χ0v) is 12.5. The summed E-state index contributed by atoms with van der Waals surface area (Å²) >= 11 is 22.7. The second kappa shape index (κ2) is 6.39. The number of halogens is 3. The van der Waals surface area contributed by atoms with Crippen molar-refractivity contribution < 1.29 is 0 Å². The van der Waals surface area contributed by atoms with E-state index in [1.54, 1.807) is 36.5 Å². The van der Waals surface area contributed by atoms with Gasteiger partial charge in [0.15, 0.2) is 5.11 Å². The van der Waals surface area contributed by atoms with Gasteiger partial charge in [-0.25, -0.2) is 4.98 Å². The average Bonchev–Trinajstić information content (AvgIpc) is 2.30. The molecule has 7 heteroatoms. The summed E-state index contributed by atoms with van der Waals surface area (Å²) in [6.45, 7) is 0. The second-order valence-electron chi connectivity index (χ2n) is 3.61. The van der Waals surface area contributed by atoms with Crippen LogP contribution in [0.1, 0.15) is 0 Å². The van der Waals surface area contributed by atoms with Crippen molar-refractivity contribution in [3.8, 4) is 0 Å². The summed E-state index contributed by atoms with van der Waals surface area (Å²) < 4.78 is 0. The largest absolute Gasteiger partial charge is 0.332 e. The molecule has 0 saturated heterocycles. The van der Waals surface area contributed by atoms with E-state index in [1.807, 2.05) is 0 Å². The molecule has 3 nitrogen and oxygen atoms in total. The van der Waals surface area contributed by atoms with Crippen LogP contribution in [-0.4, -0.2) is 10.1 Å². The van der Waals surface area contributed by atoms with Crippen molar-refractivity contribution in [2.24, 2.45) is 0 Å². The topological polar surface area (TPSA) is 37.0 Å². The van der Waals surface area contributed by atoms with E-state index < -0.39 is 0 Å². The highest BCUT2D eigenvalue weighted by molar-refractivity contribution is 7.80. The highest BCUT2D eigenvalue weighted by Gasteiger charge is 2.02. The van der Waals surface area contributed by atoms with Gasteiger partial charge in [0.05, 0.1) is 11.9 Å². The van der Waals surface area contributed by atoms with Crippen molar-refractivity contribution in [2.45, 2.75) is 0 Å². The number of pyridine rings is 1. The number of anilines is 2. The van der Waals surface area contributed by atoms with Crippen LogP contribution >= 0.6 is 47.0 Å². The van der Waals surface area contributed by atoms with E-state index in [0.29, 0.717) is 26.0 Å². The van der Waals surface area contributed by atoms with Crippen LogP contribution in [0.15, 0.2) is 36.5 Å². The number of nitrogens with one attached hydrogen (secondary N) is 2. The van der Waals surface area contributed by atoms with E-state index in [4.69, 9.17) is 47.0 Å². The molecule has 19 heavy (non-hydrogen) atoms. The summed E-state index contributed by atoms with van der Waals surface area (Å²) in [6.07, 6.45) is 1.58. The van der Waals surface area contributed by atoms with Gasteiger partial charge >= 0.3 is 0 Å². The van der Waals surface area contributed by atoms with E-state index in [-0.39, 0.29) is 0 Å². The summed E-state index contributed by atoms with van der Waals surface area (Å²) in [5.74, 6) is 0. The quantitative estimate of drug-likeness (QED) is 0.609. The highest BCUT2D eigenvalue weighted by Crippen LogP contribution is 2.22. The van der Waals surface area contributed by atoms with Crippen molar-refractivity contribution in [3.63, 3.8) is 0 Å². The molecule has 0 bridgehead atoms. The molecule has 2 rings (SSSR count). The first-order valence-electron chi connectivity index (χ1n) is 5.18. The predicted molar refractivity (Wildman–Crippen MR) is 85.6 cm³/mol. The van der Waals surface area contributed by atoms with Crippen LogP contribution in [0.3, 0.4) is 0 Å². The molecule has 0 spiro atoms. The van der Waals surface area contributed by atoms with Crippen LogP contribution in [0, 0.1) is 0 Å². The normalized spacial score (nSPS) is 10.1. The number of benzene rings is 1. The molecule has 0 radical (unpaired) electrons. The summed E-state index contributed by atoms with van der Waals surface area (Å²) in [5, 5.41) is 7.84. The third kappa shape index (κ3) is 4.51. The van der Waals surface area contributed by atoms with E-state index in [2.05, 4.69) is 15.6 Å². The van der Waals surface area contributed by atoms with Crippen molar-refractivity contribution in [1.82, 2.24) is 4.98 Å². The smallest absolute Gasteiger partial charge is 0.175 e. The van der Waals surface area contributed by atoms with E-state index in [1.165, 1.54) is 0 Å². The first-order chi connectivity index (χ1) is 9.02. The van der Waals surface area contributed by atoms with E-state index >= 15 is 0 Å². The van der Waals surface area contributed by atoms with Crippen LogP contribution in [0.5, 0.6) is 0 Å². The summed E-state index contributed by atoms with van der Waals surface area (Å²) in [4.78, 5) is 3.94. The molecule has 98 valence electrons. The Labute approximate surface area is 130 Å². The Balaban J connectivity index is 2.03. The lowest BCUT2D eigenvalue weighted by molar-refractivity contribution is 1.33. The van der Waals surface area contributed by atoms with Gasteiger partial charge < -0.3 is 10.6 Å². The fraction of sp³-hybridized carbons (Fsp3) is 0. The van der Waals surface area contributed by atoms with Gasteiger partial charge in [-0.1, -0.05) is 34.8 Å². The number of aromatic nitrogens is 1. The summed E-state index contributed by atoms with van der Waals surface area (Å²) in [7, 11) is 0. The molecule has 0 aliphatic rings. The molecule has 1 aromatic heterocycles. The minimum Gasteiger partial charge on any atom is -0.332 e. The molecule has 0 aliphatic heterocycles. The first kappa shape index (κ1) is 14.3. The molecular formula is C12H8Cl3N3S. The van der Waals surface area contributed by atoms with Crippen LogP contribution < -0.4 is 10.6 Å². The van der Waals surface area contributed by atoms with Gasteiger partial charge in [0.1, 0.15) is 5.15 Å². The molecule has 0 fully saturated rings. The van der Waals surface area contributed by atoms with Crippen LogP contribution in [-0.2, 0) is 0 Å². The van der Waals surface area contributed by atoms with Gasteiger partial charge in [-0.15, -0.1) is 0 Å². The van der Waals surface area contributed by atoms with Gasteiger partial charge in [0.2, 0.25) is 0 Å². The molecule has 1 heterocycles. The van der Waals surface area contributed by atoms with Gasteiger partial charge in [-0.3, -0.25) is 0 Å². The Bertz CT molecular complexity index is 581. The Kier molecular flexibility index (Phi) is 4.82. The third-order valence-corrected chi connectivity index (χ3v) is 2.97. The van der Waals surface area contributed by atoms with Gasteiger partial charge in [0.25, 0.3) is 0 Å². The molecule has 0 unspecified atom stereocenters. The Morgan fingerprint density at radius 1 is 0.947 bits per heavy atom. The van der Waals surface area contributed by atoms with Crippen LogP contribution in [0.4, 0.5) is 11.4 Å². The Morgan fingerprint density at radius 3 is 2.16 bits per heavy atom. The van der Waals surface area contributed by atoms with Gasteiger partial charge in [-0.2, -0.15) is 0 Å². The number of rotatable bonds is 2. The maximum atomic E-state index is 5.90. The minimum atomic E-state index is 0.405. The molecule has 1 aromatic carbocycles. The van der Waals surface area contributed by atoms with Crippen molar-refractivity contribution in [1.29, 1.82) is 0 Å². The molecular weight excluding hydrogens is 325 g/mol. The fourth-order valence-electron chi connectivity index (χ4n) is 1.37. The van der Waals surface area contributed by atoms with Crippen LogP contribution in [0.25, 0.3) is 0 Å². The number of nitrogens with zero attached hydrogens (tertiary/aromatic N) is 1. The maximum absolute atomic E-state index is 5.90. The summed E-state index contributed by atoms with van der Waals surface area (Å²) in [6, 6.07) is 8.54. The Morgan fingerprint density at radius 2 is 1.58 bits per heavy atom. The minimum absolute atomic E-state index is 0.405. The maximum Gasteiger partial charge on any atom is 0.175 e. The van der Waals surface area contributed by atoms with Crippen molar-refractivity contribution >= 4 is 63.5 Å². The number of thiocarbonyl (C=S) groups is 1. The second-order valence-corrected chi connectivity index (χ2v) is 5.28. The standard InChI is InChI=1S/C12H8Cl3N3S/c13-7-3-8(14)5-10(4-7)18-12(19)17-9-1-2-11(15)16-6-9/h1-6H,(H2,17,18,19). The lowest BCUT2D eigenvalue weighted by atomic mass is 10.3. The molecule has 0 amide bonds. The van der Waals surface area contributed by atoms with Crippen LogP contribution in [0.2, 0.25) is 15.2 Å². The molecule has 0 aliphatic carbocycles. The highest BCUT2D eigenvalue weighted by atomic mass is 35.5. The summed E-state index contributed by atoms with van der Waals surface area (Å²) in [5.41, 5.74) is 1.44. The van der Waals surface area contributed by atoms with Gasteiger partial charge in [-0.05, 0) is 42.5 Å². The predicted octanol–water partition coefficient (Wildman–Crippen LogP) is 4.85. The van der Waals surface area contributed by atoms with E-state index in [0.717, 1.165) is 5.69 Å². The fourth-order valence-corrected chi connectivity index (χ4v) is 2.24. The number of hydrogen-bond donors (Lipinski definition) is 2. The molecule has 0 atom stereocenters. The van der Waals surface area contributed by atoms with Crippen molar-refractivity contribution in [2.75, 3.05) is 10.6 Å². The molecule has 2 aromatic rings. The zero-order chi connectivity index (χ0) is 13.8. The van der Waals surface area contributed by atoms with Crippen molar-refractivity contribution in [3.05, 3.63) is 51.7 Å².